The van der Waals surface area contributed by atoms with Gasteiger partial charge in [0.2, 0.25) is 0 Å². The molecule has 0 saturated carbocycles. The maximum absolute atomic E-state index is 13.6. The Morgan fingerprint density at radius 1 is 1.28 bits per heavy atom. The molecule has 0 saturated heterocycles. The van der Waals surface area contributed by atoms with Crippen LogP contribution < -0.4 is 10.5 Å². The number of hydrogen-bond donors (Lipinski definition) is 1. The highest BCUT2D eigenvalue weighted by Crippen LogP contribution is 2.28. The SMILES string of the molecule is COc1ccc(C(N)c2cc(C)oc2C)cc1F. The first-order chi connectivity index (χ1) is 8.52. The summed E-state index contributed by atoms with van der Waals surface area (Å²) >= 11 is 0. The maximum atomic E-state index is 13.6. The van der Waals surface area contributed by atoms with Crippen molar-refractivity contribution in [2.24, 2.45) is 5.73 Å². The van der Waals surface area contributed by atoms with E-state index in [1.165, 1.54) is 13.2 Å². The zero-order valence-electron chi connectivity index (χ0n) is 10.7. The standard InChI is InChI=1S/C14H16FNO2/c1-8-6-11(9(2)18-8)14(16)10-4-5-13(17-3)12(15)7-10/h4-7,14H,16H2,1-3H3. The van der Waals surface area contributed by atoms with Crippen molar-refractivity contribution in [2.45, 2.75) is 19.9 Å². The van der Waals surface area contributed by atoms with E-state index in [2.05, 4.69) is 0 Å². The van der Waals surface area contributed by atoms with Crippen LogP contribution in [-0.4, -0.2) is 7.11 Å². The lowest BCUT2D eigenvalue weighted by Gasteiger charge is -2.12. The summed E-state index contributed by atoms with van der Waals surface area (Å²) in [6, 6.07) is 6.21. The molecular weight excluding hydrogens is 233 g/mol. The van der Waals surface area contributed by atoms with Crippen LogP contribution in [0.1, 0.15) is 28.7 Å². The Morgan fingerprint density at radius 2 is 2.00 bits per heavy atom. The van der Waals surface area contributed by atoms with Crippen molar-refractivity contribution in [3.8, 4) is 5.75 Å². The third-order valence-corrected chi connectivity index (χ3v) is 2.95. The molecule has 0 aliphatic rings. The van der Waals surface area contributed by atoms with E-state index < -0.39 is 11.9 Å². The summed E-state index contributed by atoms with van der Waals surface area (Å²) in [4.78, 5) is 0. The van der Waals surface area contributed by atoms with Crippen molar-refractivity contribution in [3.05, 3.63) is 52.7 Å². The number of aryl methyl sites for hydroxylation is 2. The molecule has 0 spiro atoms. The Morgan fingerprint density at radius 3 is 2.50 bits per heavy atom. The summed E-state index contributed by atoms with van der Waals surface area (Å²) in [6.07, 6.45) is 0. The molecule has 1 heterocycles. The number of rotatable bonds is 3. The summed E-state index contributed by atoms with van der Waals surface area (Å²) in [5, 5.41) is 0. The van der Waals surface area contributed by atoms with Crippen LogP contribution in [0.15, 0.2) is 28.7 Å². The third-order valence-electron chi connectivity index (χ3n) is 2.95. The fraction of sp³-hybridized carbons (Fsp3) is 0.286. The molecule has 0 aliphatic carbocycles. The fourth-order valence-corrected chi connectivity index (χ4v) is 2.01. The Balaban J connectivity index is 2.37. The minimum Gasteiger partial charge on any atom is -0.494 e. The summed E-state index contributed by atoms with van der Waals surface area (Å²) in [5.41, 5.74) is 7.69. The smallest absolute Gasteiger partial charge is 0.165 e. The average molecular weight is 249 g/mol. The third kappa shape index (κ3) is 2.24. The predicted molar refractivity (Wildman–Crippen MR) is 67.2 cm³/mol. The van der Waals surface area contributed by atoms with Gasteiger partial charge in [0.1, 0.15) is 11.5 Å². The lowest BCUT2D eigenvalue weighted by molar-refractivity contribution is 0.386. The average Bonchev–Trinajstić information content (AvgIpc) is 2.67. The first kappa shape index (κ1) is 12.6. The van der Waals surface area contributed by atoms with E-state index in [1.54, 1.807) is 12.1 Å². The Bertz CT molecular complexity index is 563. The van der Waals surface area contributed by atoms with Crippen LogP contribution in [0.3, 0.4) is 0 Å². The monoisotopic (exact) mass is 249 g/mol. The van der Waals surface area contributed by atoms with E-state index in [9.17, 15) is 4.39 Å². The lowest BCUT2D eigenvalue weighted by atomic mass is 9.99. The highest BCUT2D eigenvalue weighted by Gasteiger charge is 2.16. The number of furan rings is 1. The van der Waals surface area contributed by atoms with Gasteiger partial charge in [-0.2, -0.15) is 0 Å². The molecule has 1 aromatic heterocycles. The number of nitrogens with two attached hydrogens (primary N) is 1. The van der Waals surface area contributed by atoms with Gasteiger partial charge in [-0.05, 0) is 37.6 Å². The molecule has 1 aromatic carbocycles. The number of halogens is 1. The van der Waals surface area contributed by atoms with Gasteiger partial charge in [0, 0.05) is 5.56 Å². The van der Waals surface area contributed by atoms with Crippen LogP contribution in [0.2, 0.25) is 0 Å². The van der Waals surface area contributed by atoms with E-state index in [0.29, 0.717) is 5.56 Å². The van der Waals surface area contributed by atoms with E-state index in [-0.39, 0.29) is 5.75 Å². The normalized spacial score (nSPS) is 12.5. The molecule has 0 amide bonds. The van der Waals surface area contributed by atoms with Gasteiger partial charge in [-0.25, -0.2) is 4.39 Å². The van der Waals surface area contributed by atoms with Gasteiger partial charge >= 0.3 is 0 Å². The van der Waals surface area contributed by atoms with Crippen molar-refractivity contribution in [1.82, 2.24) is 0 Å². The number of ether oxygens (including phenoxy) is 1. The molecule has 3 nitrogen and oxygen atoms in total. The number of methoxy groups -OCH3 is 1. The molecule has 4 heteroatoms. The molecule has 2 aromatic rings. The van der Waals surface area contributed by atoms with Gasteiger partial charge in [-0.3, -0.25) is 0 Å². The van der Waals surface area contributed by atoms with E-state index >= 15 is 0 Å². The van der Waals surface area contributed by atoms with Crippen molar-refractivity contribution in [2.75, 3.05) is 7.11 Å². The second kappa shape index (κ2) is 4.82. The van der Waals surface area contributed by atoms with Gasteiger partial charge in [0.15, 0.2) is 11.6 Å². The second-order valence-corrected chi connectivity index (χ2v) is 4.24. The van der Waals surface area contributed by atoms with Crippen molar-refractivity contribution in [3.63, 3.8) is 0 Å². The van der Waals surface area contributed by atoms with E-state index in [0.717, 1.165) is 17.1 Å². The lowest BCUT2D eigenvalue weighted by Crippen LogP contribution is -2.12. The summed E-state index contributed by atoms with van der Waals surface area (Å²) < 4.78 is 23.9. The van der Waals surface area contributed by atoms with Crippen LogP contribution in [0.25, 0.3) is 0 Å². The molecule has 2 N–H and O–H groups in total. The number of hydrogen-bond acceptors (Lipinski definition) is 3. The van der Waals surface area contributed by atoms with Crippen LogP contribution in [0, 0.1) is 19.7 Å². The van der Waals surface area contributed by atoms with Crippen LogP contribution in [0.4, 0.5) is 4.39 Å². The van der Waals surface area contributed by atoms with E-state index in [4.69, 9.17) is 14.9 Å². The second-order valence-electron chi connectivity index (χ2n) is 4.24. The highest BCUT2D eigenvalue weighted by molar-refractivity contribution is 5.37. The summed E-state index contributed by atoms with van der Waals surface area (Å²) in [6.45, 7) is 3.71. The fourth-order valence-electron chi connectivity index (χ4n) is 2.01. The molecule has 18 heavy (non-hydrogen) atoms. The molecule has 1 atom stereocenters. The number of benzene rings is 1. The quantitative estimate of drug-likeness (QED) is 0.909. The van der Waals surface area contributed by atoms with Gasteiger partial charge in [0.25, 0.3) is 0 Å². The molecule has 0 aliphatic heterocycles. The van der Waals surface area contributed by atoms with Crippen molar-refractivity contribution >= 4 is 0 Å². The Kier molecular flexibility index (Phi) is 3.39. The molecule has 0 fully saturated rings. The van der Waals surface area contributed by atoms with Crippen molar-refractivity contribution < 1.29 is 13.5 Å². The predicted octanol–water partition coefficient (Wildman–Crippen LogP) is 3.09. The van der Waals surface area contributed by atoms with Crippen molar-refractivity contribution in [1.29, 1.82) is 0 Å². The Labute approximate surface area is 105 Å². The minimum absolute atomic E-state index is 0.214. The topological polar surface area (TPSA) is 48.4 Å². The Hall–Kier alpha value is -1.81. The molecule has 2 rings (SSSR count). The van der Waals surface area contributed by atoms with Gasteiger partial charge in [0.05, 0.1) is 13.2 Å². The zero-order chi connectivity index (χ0) is 13.3. The molecule has 96 valence electrons. The van der Waals surface area contributed by atoms with E-state index in [1.807, 2.05) is 19.9 Å². The minimum atomic E-state index is -0.414. The van der Waals surface area contributed by atoms with Crippen LogP contribution in [-0.2, 0) is 0 Å². The summed E-state index contributed by atoms with van der Waals surface area (Å²) in [7, 11) is 1.43. The molecular formula is C14H16FNO2. The zero-order valence-corrected chi connectivity index (χ0v) is 10.7. The highest BCUT2D eigenvalue weighted by atomic mass is 19.1. The van der Waals surface area contributed by atoms with Gasteiger partial charge < -0.3 is 14.9 Å². The van der Waals surface area contributed by atoms with Gasteiger partial charge in [-0.15, -0.1) is 0 Å². The molecule has 0 bridgehead atoms. The summed E-state index contributed by atoms with van der Waals surface area (Å²) in [5.74, 6) is 1.36. The van der Waals surface area contributed by atoms with Gasteiger partial charge in [-0.1, -0.05) is 6.07 Å². The molecule has 1 unspecified atom stereocenters. The first-order valence-corrected chi connectivity index (χ1v) is 5.69. The largest absolute Gasteiger partial charge is 0.494 e. The maximum Gasteiger partial charge on any atom is 0.165 e. The van der Waals surface area contributed by atoms with Crippen LogP contribution in [0.5, 0.6) is 5.75 Å². The first-order valence-electron chi connectivity index (χ1n) is 5.69. The van der Waals surface area contributed by atoms with Crippen LogP contribution >= 0.6 is 0 Å². The molecule has 0 radical (unpaired) electrons.